The number of hydrogen-bond acceptors (Lipinski definition) is 4. The minimum absolute atomic E-state index is 0.201. The van der Waals surface area contributed by atoms with Crippen molar-refractivity contribution in [2.24, 2.45) is 11.7 Å². The number of fused-ring (bicyclic) bond motifs is 1. The number of nitrogens with zero attached hydrogens (tertiary/aromatic N) is 2. The molecule has 6 nitrogen and oxygen atoms in total. The van der Waals surface area contributed by atoms with Crippen molar-refractivity contribution in [3.8, 4) is 11.1 Å². The molecule has 1 aromatic carbocycles. The summed E-state index contributed by atoms with van der Waals surface area (Å²) in [4.78, 5) is 21.5. The van der Waals surface area contributed by atoms with Crippen molar-refractivity contribution >= 4 is 27.8 Å². The number of nitrogens with one attached hydrogen (secondary N) is 1. The molecule has 0 spiro atoms. The molecule has 174 valence electrons. The topological polar surface area (TPSA) is 98.0 Å². The smallest absolute Gasteiger partial charge is 0.249 e. The van der Waals surface area contributed by atoms with E-state index >= 15 is 0 Å². The van der Waals surface area contributed by atoms with Crippen LogP contribution in [0.1, 0.15) is 75.0 Å². The van der Waals surface area contributed by atoms with Crippen molar-refractivity contribution in [2.45, 2.75) is 63.7 Å². The first kappa shape index (κ1) is 23.5. The van der Waals surface area contributed by atoms with Gasteiger partial charge in [0.2, 0.25) is 5.91 Å². The molecule has 3 aromatic rings. The number of rotatable bonds is 6. The van der Waals surface area contributed by atoms with Crippen LogP contribution in [0.4, 0.5) is 0 Å². The lowest BCUT2D eigenvalue weighted by molar-refractivity contribution is 0.100. The molecule has 1 saturated carbocycles. The Hall–Kier alpha value is -2.64. The largest absolute Gasteiger partial charge is 0.366 e. The first-order valence-electron chi connectivity index (χ1n) is 11.6. The predicted octanol–water partition coefficient (Wildman–Crippen LogP) is 5.07. The van der Waals surface area contributed by atoms with Crippen LogP contribution in [-0.4, -0.2) is 24.8 Å². The van der Waals surface area contributed by atoms with Gasteiger partial charge in [0.1, 0.15) is 0 Å². The third-order valence-electron chi connectivity index (χ3n) is 6.34. The Kier molecular flexibility index (Phi) is 6.91. The SMILES string of the molecule is CC(C)(C)S(=O)NC(c1cc(C(N)=O)c2cc(-c3ccncc3)ccc2n1)C1CCCCC1. The van der Waals surface area contributed by atoms with Crippen LogP contribution in [0.15, 0.2) is 48.8 Å². The Balaban J connectivity index is 1.81. The minimum Gasteiger partial charge on any atom is -0.366 e. The van der Waals surface area contributed by atoms with E-state index in [9.17, 15) is 9.00 Å². The molecule has 2 aromatic heterocycles. The highest BCUT2D eigenvalue weighted by Gasteiger charge is 2.31. The van der Waals surface area contributed by atoms with Gasteiger partial charge in [-0.2, -0.15) is 0 Å². The molecule has 7 heteroatoms. The van der Waals surface area contributed by atoms with Gasteiger partial charge in [0.25, 0.3) is 0 Å². The molecule has 1 amide bonds. The molecule has 2 atom stereocenters. The van der Waals surface area contributed by atoms with Crippen molar-refractivity contribution in [1.29, 1.82) is 0 Å². The van der Waals surface area contributed by atoms with Crippen molar-refractivity contribution in [2.75, 3.05) is 0 Å². The zero-order valence-electron chi connectivity index (χ0n) is 19.5. The summed E-state index contributed by atoms with van der Waals surface area (Å²) in [6, 6.07) is 11.3. The van der Waals surface area contributed by atoms with E-state index in [0.29, 0.717) is 17.0 Å². The summed E-state index contributed by atoms with van der Waals surface area (Å²) in [7, 11) is -1.26. The number of carbonyl (C=O) groups excluding carboxylic acids is 1. The molecule has 33 heavy (non-hydrogen) atoms. The Morgan fingerprint density at radius 3 is 2.39 bits per heavy atom. The van der Waals surface area contributed by atoms with E-state index in [1.807, 2.05) is 51.1 Å². The van der Waals surface area contributed by atoms with Gasteiger partial charge in [0.15, 0.2) is 0 Å². The fourth-order valence-corrected chi connectivity index (χ4v) is 5.39. The van der Waals surface area contributed by atoms with Crippen LogP contribution in [0, 0.1) is 5.92 Å². The molecule has 2 unspecified atom stereocenters. The van der Waals surface area contributed by atoms with Gasteiger partial charge < -0.3 is 5.73 Å². The van der Waals surface area contributed by atoms with Gasteiger partial charge in [-0.15, -0.1) is 0 Å². The average molecular weight is 465 g/mol. The summed E-state index contributed by atoms with van der Waals surface area (Å²) in [5, 5.41) is 0.722. The van der Waals surface area contributed by atoms with Crippen molar-refractivity contribution in [3.05, 3.63) is 60.0 Å². The molecule has 4 rings (SSSR count). The highest BCUT2D eigenvalue weighted by molar-refractivity contribution is 7.84. The van der Waals surface area contributed by atoms with E-state index in [1.54, 1.807) is 18.5 Å². The Morgan fingerprint density at radius 2 is 1.76 bits per heavy atom. The van der Waals surface area contributed by atoms with Gasteiger partial charge in [-0.3, -0.25) is 14.8 Å². The number of hydrogen-bond donors (Lipinski definition) is 2. The number of pyridine rings is 2. The Labute approximate surface area is 198 Å². The second kappa shape index (κ2) is 9.69. The van der Waals surface area contributed by atoms with Crippen molar-refractivity contribution < 1.29 is 9.00 Å². The summed E-state index contributed by atoms with van der Waals surface area (Å²) >= 11 is 0. The molecule has 2 heterocycles. The summed E-state index contributed by atoms with van der Waals surface area (Å²) < 4.78 is 16.0. The van der Waals surface area contributed by atoms with Gasteiger partial charge in [0.05, 0.1) is 38.5 Å². The zero-order valence-corrected chi connectivity index (χ0v) is 20.3. The fourth-order valence-electron chi connectivity index (χ4n) is 4.49. The van der Waals surface area contributed by atoms with E-state index in [1.165, 1.54) is 6.42 Å². The van der Waals surface area contributed by atoms with Crippen LogP contribution in [0.25, 0.3) is 22.0 Å². The third kappa shape index (κ3) is 5.31. The lowest BCUT2D eigenvalue weighted by Gasteiger charge is -2.32. The lowest BCUT2D eigenvalue weighted by atomic mass is 9.82. The molecule has 0 bridgehead atoms. The summed E-state index contributed by atoms with van der Waals surface area (Å²) in [5.74, 6) is -0.179. The number of amides is 1. The standard InChI is InChI=1S/C26H32N4O2S/c1-26(2,3)33(32)30-24(18-7-5-4-6-8-18)23-16-21(25(27)31)20-15-19(9-10-22(20)29-23)17-11-13-28-14-12-17/h9-16,18,24,30H,4-8H2,1-3H3,(H2,27,31). The van der Waals surface area contributed by atoms with Crippen LogP contribution in [0.3, 0.4) is 0 Å². The third-order valence-corrected chi connectivity index (χ3v) is 7.92. The second-order valence-electron chi connectivity index (χ2n) is 9.80. The number of aromatic nitrogens is 2. The maximum absolute atomic E-state index is 13.1. The molecule has 1 aliphatic carbocycles. The minimum atomic E-state index is -1.26. The predicted molar refractivity (Wildman–Crippen MR) is 134 cm³/mol. The summed E-state index contributed by atoms with van der Waals surface area (Å²) in [6.45, 7) is 5.87. The van der Waals surface area contributed by atoms with Crippen molar-refractivity contribution in [3.63, 3.8) is 0 Å². The highest BCUT2D eigenvalue weighted by Crippen LogP contribution is 2.36. The highest BCUT2D eigenvalue weighted by atomic mass is 32.2. The maximum atomic E-state index is 13.1. The number of nitrogens with two attached hydrogens (primary N) is 1. The maximum Gasteiger partial charge on any atom is 0.249 e. The van der Waals surface area contributed by atoms with Crippen LogP contribution in [0.2, 0.25) is 0 Å². The van der Waals surface area contributed by atoms with E-state index < -0.39 is 21.6 Å². The molecule has 1 aliphatic rings. The molecule has 3 N–H and O–H groups in total. The summed E-state index contributed by atoms with van der Waals surface area (Å²) in [6.07, 6.45) is 9.10. The fraction of sp³-hybridized carbons (Fsp3) is 0.423. The first-order chi connectivity index (χ1) is 15.7. The number of carbonyl (C=O) groups is 1. The van der Waals surface area contributed by atoms with Crippen LogP contribution >= 0.6 is 0 Å². The van der Waals surface area contributed by atoms with E-state index in [2.05, 4.69) is 9.71 Å². The van der Waals surface area contributed by atoms with Gasteiger partial charge in [-0.1, -0.05) is 25.3 Å². The molecular weight excluding hydrogens is 432 g/mol. The van der Waals surface area contributed by atoms with Crippen LogP contribution < -0.4 is 10.5 Å². The Morgan fingerprint density at radius 1 is 1.06 bits per heavy atom. The van der Waals surface area contributed by atoms with Crippen LogP contribution in [-0.2, 0) is 11.0 Å². The molecule has 1 fully saturated rings. The monoisotopic (exact) mass is 464 g/mol. The van der Waals surface area contributed by atoms with E-state index in [4.69, 9.17) is 10.7 Å². The lowest BCUT2D eigenvalue weighted by Crippen LogP contribution is -2.39. The van der Waals surface area contributed by atoms with E-state index in [0.717, 1.165) is 47.9 Å². The molecule has 0 aliphatic heterocycles. The van der Waals surface area contributed by atoms with Gasteiger partial charge in [0, 0.05) is 17.8 Å². The zero-order chi connectivity index (χ0) is 23.6. The Bertz CT molecular complexity index is 1170. The number of benzene rings is 1. The molecule has 0 radical (unpaired) electrons. The van der Waals surface area contributed by atoms with Gasteiger partial charge in [-0.25, -0.2) is 8.93 Å². The van der Waals surface area contributed by atoms with Gasteiger partial charge >= 0.3 is 0 Å². The number of primary amides is 1. The van der Waals surface area contributed by atoms with Gasteiger partial charge in [-0.05, 0) is 81.0 Å². The normalized spacial score (nSPS) is 17.1. The first-order valence-corrected chi connectivity index (χ1v) is 12.7. The van der Waals surface area contributed by atoms with Crippen LogP contribution in [0.5, 0.6) is 0 Å². The average Bonchev–Trinajstić information content (AvgIpc) is 2.81. The quantitative estimate of drug-likeness (QED) is 0.532. The van der Waals surface area contributed by atoms with Crippen molar-refractivity contribution in [1.82, 2.24) is 14.7 Å². The molecular formula is C26H32N4O2S. The van der Waals surface area contributed by atoms with E-state index in [-0.39, 0.29) is 6.04 Å². The summed E-state index contributed by atoms with van der Waals surface area (Å²) in [5.41, 5.74) is 9.69. The molecule has 0 saturated heterocycles. The second-order valence-corrected chi connectivity index (χ2v) is 11.8.